The van der Waals surface area contributed by atoms with E-state index in [-0.39, 0.29) is 4.47 Å². The van der Waals surface area contributed by atoms with Gasteiger partial charge in [-0.15, -0.1) is 0 Å². The van der Waals surface area contributed by atoms with Crippen LogP contribution in [0.2, 0.25) is 5.02 Å². The van der Waals surface area contributed by atoms with Crippen LogP contribution in [0.25, 0.3) is 0 Å². The third-order valence-corrected chi connectivity index (χ3v) is 6.09. The summed E-state index contributed by atoms with van der Waals surface area (Å²) in [7, 11) is -5.58. The maximum Gasteiger partial charge on any atom is 0.399 e. The Hall–Kier alpha value is -0.430. The van der Waals surface area contributed by atoms with E-state index in [0.717, 1.165) is 17.2 Å². The Morgan fingerprint density at radius 2 is 1.75 bits per heavy atom. The van der Waals surface area contributed by atoms with Gasteiger partial charge in [-0.2, -0.15) is 20.5 Å². The molecule has 2 aromatic rings. The summed E-state index contributed by atoms with van der Waals surface area (Å²) in [6.07, 6.45) is 0. The molecule has 0 bridgehead atoms. The minimum absolute atomic E-state index is 0.0309. The van der Waals surface area contributed by atoms with Gasteiger partial charge in [0.2, 0.25) is 0 Å². The summed E-state index contributed by atoms with van der Waals surface area (Å²) in [5.41, 5.74) is -3.13. The first-order chi connectivity index (χ1) is 11.1. The molecular weight excluding hydrogens is 445 g/mol. The number of benzene rings is 2. The van der Waals surface area contributed by atoms with Crippen LogP contribution in [0.1, 0.15) is 16.7 Å². The fourth-order valence-electron chi connectivity index (χ4n) is 1.96. The highest BCUT2D eigenvalue weighted by molar-refractivity contribution is 9.10. The normalized spacial score (nSPS) is 12.4. The van der Waals surface area contributed by atoms with Gasteiger partial charge >= 0.3 is 13.3 Å². The van der Waals surface area contributed by atoms with Gasteiger partial charge in [0.15, 0.2) is 0 Å². The molecule has 0 heterocycles. The van der Waals surface area contributed by atoms with Crippen molar-refractivity contribution >= 4 is 46.9 Å². The van der Waals surface area contributed by atoms with Crippen LogP contribution in [0.4, 0.5) is 8.78 Å². The number of hydrogen-bond donors (Lipinski definition) is 2. The first-order valence-electron chi connectivity index (χ1n) is 6.66. The molecular formula is C15H13BrClF2O3PS. The van der Waals surface area contributed by atoms with Gasteiger partial charge < -0.3 is 9.79 Å². The second-order valence-corrected chi connectivity index (χ2v) is 8.95. The van der Waals surface area contributed by atoms with Crippen LogP contribution in [0.5, 0.6) is 0 Å². The van der Waals surface area contributed by atoms with Gasteiger partial charge in [0.25, 0.3) is 0 Å². The minimum Gasteiger partial charge on any atom is -0.320 e. The number of thioether (sulfide) groups is 1. The molecule has 9 heteroatoms. The second kappa shape index (κ2) is 7.85. The summed E-state index contributed by atoms with van der Waals surface area (Å²) in [4.78, 5) is 17.6. The van der Waals surface area contributed by atoms with Crippen molar-refractivity contribution < 1.29 is 23.1 Å². The fraction of sp³-hybridized carbons (Fsp3) is 0.200. The van der Waals surface area contributed by atoms with Crippen LogP contribution >= 0.6 is 46.9 Å². The van der Waals surface area contributed by atoms with Crippen molar-refractivity contribution in [3.05, 3.63) is 68.7 Å². The second-order valence-electron chi connectivity index (χ2n) is 5.02. The van der Waals surface area contributed by atoms with Gasteiger partial charge in [-0.3, -0.25) is 4.57 Å². The minimum atomic E-state index is -5.58. The molecule has 2 aromatic carbocycles. The van der Waals surface area contributed by atoms with E-state index in [2.05, 4.69) is 15.9 Å². The lowest BCUT2D eigenvalue weighted by Gasteiger charge is -2.19. The van der Waals surface area contributed by atoms with E-state index in [1.165, 1.54) is 12.1 Å². The first kappa shape index (κ1) is 19.9. The molecule has 0 fully saturated rings. The largest absolute Gasteiger partial charge is 0.399 e. The maximum absolute atomic E-state index is 13.8. The monoisotopic (exact) mass is 456 g/mol. The van der Waals surface area contributed by atoms with Gasteiger partial charge in [0.1, 0.15) is 0 Å². The molecule has 0 aliphatic rings. The summed E-state index contributed by atoms with van der Waals surface area (Å²) >= 11 is 10.5. The van der Waals surface area contributed by atoms with Crippen molar-refractivity contribution in [1.29, 1.82) is 0 Å². The SMILES string of the molecule is O=P(O)(O)C(F)(F)c1ccc(CSCc2cccc(Cl)c2)cc1Br. The molecule has 0 aromatic heterocycles. The molecule has 0 aliphatic carbocycles. The van der Waals surface area contributed by atoms with Crippen LogP contribution in [0.15, 0.2) is 46.9 Å². The third-order valence-electron chi connectivity index (χ3n) is 3.15. The molecule has 0 unspecified atom stereocenters. The van der Waals surface area contributed by atoms with Crippen molar-refractivity contribution in [3.63, 3.8) is 0 Å². The zero-order chi connectivity index (χ0) is 18.0. The molecule has 3 nitrogen and oxygen atoms in total. The summed E-state index contributed by atoms with van der Waals surface area (Å²) < 4.78 is 38.4. The first-order valence-corrected chi connectivity index (χ1v) is 10.6. The van der Waals surface area contributed by atoms with Gasteiger partial charge in [-0.1, -0.05) is 51.8 Å². The smallest absolute Gasteiger partial charge is 0.320 e. The quantitative estimate of drug-likeness (QED) is 0.541. The number of alkyl halides is 2. The van der Waals surface area contributed by atoms with Crippen molar-refractivity contribution in [2.75, 3.05) is 0 Å². The molecule has 0 radical (unpaired) electrons. The molecule has 130 valence electrons. The molecule has 24 heavy (non-hydrogen) atoms. The molecule has 0 aliphatic heterocycles. The van der Waals surface area contributed by atoms with Crippen LogP contribution in [-0.2, 0) is 21.7 Å². The average Bonchev–Trinajstić information content (AvgIpc) is 2.46. The molecule has 0 saturated heterocycles. The lowest BCUT2D eigenvalue weighted by atomic mass is 10.1. The third kappa shape index (κ3) is 4.81. The van der Waals surface area contributed by atoms with Crippen molar-refractivity contribution in [2.24, 2.45) is 0 Å². The predicted molar refractivity (Wildman–Crippen MR) is 96.5 cm³/mol. The molecule has 0 spiro atoms. The van der Waals surface area contributed by atoms with E-state index in [1.54, 1.807) is 17.8 Å². The molecule has 2 N–H and O–H groups in total. The van der Waals surface area contributed by atoms with E-state index in [9.17, 15) is 13.3 Å². The Morgan fingerprint density at radius 3 is 2.29 bits per heavy atom. The maximum atomic E-state index is 13.8. The fourth-order valence-corrected chi connectivity index (χ4v) is 4.45. The van der Waals surface area contributed by atoms with E-state index < -0.39 is 18.8 Å². The Balaban J connectivity index is 2.06. The standard InChI is InChI=1S/C15H13BrClF2O3PS/c16-14-7-11(4-5-13(14)15(18,19)23(20,21)22)9-24-8-10-2-1-3-12(17)6-10/h1-7H,8-9H2,(H2,20,21,22). The Labute approximate surface area is 155 Å². The summed E-state index contributed by atoms with van der Waals surface area (Å²) in [5.74, 6) is 1.27. The Kier molecular flexibility index (Phi) is 6.51. The Morgan fingerprint density at radius 1 is 1.12 bits per heavy atom. The van der Waals surface area contributed by atoms with E-state index >= 15 is 0 Å². The topological polar surface area (TPSA) is 57.5 Å². The number of halogens is 4. The highest BCUT2D eigenvalue weighted by Gasteiger charge is 2.51. The van der Waals surface area contributed by atoms with Crippen LogP contribution in [0.3, 0.4) is 0 Å². The highest BCUT2D eigenvalue weighted by atomic mass is 79.9. The van der Waals surface area contributed by atoms with E-state index in [4.69, 9.17) is 21.4 Å². The lowest BCUT2D eigenvalue weighted by molar-refractivity contribution is 0.0557. The summed E-state index contributed by atoms with van der Waals surface area (Å²) in [6, 6.07) is 11.4. The predicted octanol–water partition coefficient (Wildman–Crippen LogP) is 5.76. The van der Waals surface area contributed by atoms with Gasteiger partial charge in [0.05, 0.1) is 0 Å². The van der Waals surface area contributed by atoms with E-state index in [0.29, 0.717) is 16.5 Å². The molecule has 0 atom stereocenters. The van der Waals surface area contributed by atoms with E-state index in [1.807, 2.05) is 18.2 Å². The van der Waals surface area contributed by atoms with Crippen molar-refractivity contribution in [3.8, 4) is 0 Å². The average molecular weight is 458 g/mol. The lowest BCUT2D eigenvalue weighted by Crippen LogP contribution is -2.14. The summed E-state index contributed by atoms with van der Waals surface area (Å²) in [6.45, 7) is 0. The van der Waals surface area contributed by atoms with Crippen molar-refractivity contribution in [2.45, 2.75) is 17.2 Å². The molecule has 0 saturated carbocycles. The van der Waals surface area contributed by atoms with Gasteiger partial charge in [0, 0.05) is 26.6 Å². The van der Waals surface area contributed by atoms with Gasteiger partial charge in [-0.05, 0) is 29.3 Å². The van der Waals surface area contributed by atoms with Crippen LogP contribution in [-0.4, -0.2) is 9.79 Å². The number of rotatable bonds is 6. The molecule has 0 amide bonds. The van der Waals surface area contributed by atoms with Gasteiger partial charge in [-0.25, -0.2) is 0 Å². The molecule has 2 rings (SSSR count). The zero-order valence-electron chi connectivity index (χ0n) is 12.1. The van der Waals surface area contributed by atoms with Crippen LogP contribution < -0.4 is 0 Å². The summed E-state index contributed by atoms with van der Waals surface area (Å²) in [5, 5.41) is 0.653. The number of hydrogen-bond acceptors (Lipinski definition) is 2. The zero-order valence-corrected chi connectivity index (χ0v) is 16.2. The Bertz CT molecular complexity index is 785. The van der Waals surface area contributed by atoms with Crippen molar-refractivity contribution in [1.82, 2.24) is 0 Å². The van der Waals surface area contributed by atoms with Crippen LogP contribution in [0, 0.1) is 0 Å². The highest BCUT2D eigenvalue weighted by Crippen LogP contribution is 2.60.